The van der Waals surface area contributed by atoms with Crippen LogP contribution < -0.4 is 5.32 Å². The van der Waals surface area contributed by atoms with E-state index < -0.39 is 0 Å². The van der Waals surface area contributed by atoms with Gasteiger partial charge in [-0.15, -0.1) is 0 Å². The van der Waals surface area contributed by atoms with E-state index in [9.17, 15) is 0 Å². The van der Waals surface area contributed by atoms with Crippen molar-refractivity contribution in [3.63, 3.8) is 0 Å². The van der Waals surface area contributed by atoms with Crippen LogP contribution in [-0.2, 0) is 11.3 Å². The number of aromatic nitrogens is 2. The third-order valence-corrected chi connectivity index (χ3v) is 2.74. The van der Waals surface area contributed by atoms with Crippen molar-refractivity contribution < 1.29 is 9.15 Å². The highest BCUT2D eigenvalue weighted by atomic mass is 32.1. The van der Waals surface area contributed by atoms with Gasteiger partial charge in [0.25, 0.3) is 0 Å². The Hall–Kier alpha value is -1.40. The highest BCUT2D eigenvalue weighted by molar-refractivity contribution is 7.09. The van der Waals surface area contributed by atoms with Crippen LogP contribution in [-0.4, -0.2) is 16.5 Å². The molecule has 2 heterocycles. The molecule has 0 amide bonds. The molecule has 1 atom stereocenters. The zero-order valence-corrected chi connectivity index (χ0v) is 9.95. The number of ether oxygens (including phenoxy) is 1. The number of methoxy groups -OCH3 is 1. The molecule has 1 unspecified atom stereocenters. The van der Waals surface area contributed by atoms with Gasteiger partial charge in [-0.25, -0.2) is 4.98 Å². The molecule has 0 aliphatic carbocycles. The van der Waals surface area contributed by atoms with Gasteiger partial charge in [-0.3, -0.25) is 0 Å². The summed E-state index contributed by atoms with van der Waals surface area (Å²) in [6.07, 6.45) is 1.66. The zero-order valence-electron chi connectivity index (χ0n) is 9.14. The number of rotatable bonds is 5. The highest BCUT2D eigenvalue weighted by Crippen LogP contribution is 2.20. The first kappa shape index (κ1) is 11.1. The maximum Gasteiger partial charge on any atom is 0.203 e. The van der Waals surface area contributed by atoms with E-state index in [1.54, 1.807) is 13.4 Å². The lowest BCUT2D eigenvalue weighted by Crippen LogP contribution is -2.05. The molecule has 1 N–H and O–H groups in total. The molecule has 0 aliphatic heterocycles. The number of nitrogens with zero attached hydrogens (tertiary/aromatic N) is 2. The van der Waals surface area contributed by atoms with Gasteiger partial charge in [0.05, 0.1) is 12.3 Å². The molecule has 2 aromatic rings. The van der Waals surface area contributed by atoms with Gasteiger partial charge in [-0.05, 0) is 19.1 Å². The lowest BCUT2D eigenvalue weighted by molar-refractivity contribution is 0.179. The Bertz CT molecular complexity index is 427. The van der Waals surface area contributed by atoms with Gasteiger partial charge >= 0.3 is 0 Å². The molecule has 16 heavy (non-hydrogen) atoms. The molecule has 2 aromatic heterocycles. The minimum Gasteiger partial charge on any atom is -0.467 e. The summed E-state index contributed by atoms with van der Waals surface area (Å²) in [5.74, 6) is 1.57. The van der Waals surface area contributed by atoms with Gasteiger partial charge in [0.15, 0.2) is 5.82 Å². The zero-order chi connectivity index (χ0) is 11.4. The van der Waals surface area contributed by atoms with E-state index >= 15 is 0 Å². The summed E-state index contributed by atoms with van der Waals surface area (Å²) in [6, 6.07) is 3.87. The number of hydrogen-bond donors (Lipinski definition) is 1. The summed E-state index contributed by atoms with van der Waals surface area (Å²) >= 11 is 1.32. The van der Waals surface area contributed by atoms with Crippen molar-refractivity contribution in [3.05, 3.63) is 30.0 Å². The van der Waals surface area contributed by atoms with E-state index in [2.05, 4.69) is 14.7 Å². The molecule has 6 heteroatoms. The Morgan fingerprint density at radius 2 is 2.50 bits per heavy atom. The molecule has 2 rings (SSSR count). The fraction of sp³-hybridized carbons (Fsp3) is 0.400. The second-order valence-electron chi connectivity index (χ2n) is 3.33. The lowest BCUT2D eigenvalue weighted by atomic mass is 10.3. The van der Waals surface area contributed by atoms with E-state index in [0.717, 1.165) is 10.9 Å². The average Bonchev–Trinajstić information content (AvgIpc) is 2.89. The summed E-state index contributed by atoms with van der Waals surface area (Å²) < 4.78 is 14.4. The highest BCUT2D eigenvalue weighted by Gasteiger charge is 2.10. The summed E-state index contributed by atoms with van der Waals surface area (Å²) in [5.41, 5.74) is 0. The van der Waals surface area contributed by atoms with Crippen LogP contribution in [0.25, 0.3) is 0 Å². The first-order chi connectivity index (χ1) is 7.79. The molecule has 5 nitrogen and oxygen atoms in total. The maximum absolute atomic E-state index is 5.29. The predicted molar refractivity (Wildman–Crippen MR) is 61.4 cm³/mol. The van der Waals surface area contributed by atoms with Gasteiger partial charge in [0, 0.05) is 18.6 Å². The van der Waals surface area contributed by atoms with Crippen molar-refractivity contribution >= 4 is 16.7 Å². The Labute approximate surface area is 97.6 Å². The summed E-state index contributed by atoms with van der Waals surface area (Å²) in [5, 5.41) is 3.99. The molecular formula is C10H13N3O2S. The molecule has 0 spiro atoms. The standard InChI is InChI=1S/C10H13N3O2S/c1-7(8-4-3-5-15-8)11-10-12-9(6-14-2)13-16-10/h3-5,7H,6H2,1-2H3,(H,11,12,13). The second kappa shape index (κ2) is 5.09. The molecular weight excluding hydrogens is 226 g/mol. The van der Waals surface area contributed by atoms with E-state index in [1.165, 1.54) is 11.5 Å². The molecule has 0 saturated heterocycles. The Morgan fingerprint density at radius 3 is 3.19 bits per heavy atom. The summed E-state index contributed by atoms with van der Waals surface area (Å²) in [4.78, 5) is 4.28. The first-order valence-electron chi connectivity index (χ1n) is 4.91. The molecule has 0 aliphatic rings. The molecule has 0 fully saturated rings. The monoisotopic (exact) mass is 239 g/mol. The van der Waals surface area contributed by atoms with Crippen LogP contribution in [0.15, 0.2) is 22.8 Å². The van der Waals surface area contributed by atoms with E-state index in [0.29, 0.717) is 12.4 Å². The topological polar surface area (TPSA) is 60.2 Å². The van der Waals surface area contributed by atoms with Gasteiger partial charge < -0.3 is 14.5 Å². The summed E-state index contributed by atoms with van der Waals surface area (Å²) in [6.45, 7) is 2.45. The number of anilines is 1. The minimum atomic E-state index is 0.0818. The number of hydrogen-bond acceptors (Lipinski definition) is 6. The van der Waals surface area contributed by atoms with Crippen molar-refractivity contribution in [1.82, 2.24) is 9.36 Å². The minimum absolute atomic E-state index is 0.0818. The van der Waals surface area contributed by atoms with E-state index in [-0.39, 0.29) is 6.04 Å². The Kier molecular flexibility index (Phi) is 3.53. The third-order valence-electron chi connectivity index (χ3n) is 2.05. The normalized spacial score (nSPS) is 12.6. The van der Waals surface area contributed by atoms with Crippen LogP contribution in [0.1, 0.15) is 24.6 Å². The van der Waals surface area contributed by atoms with Crippen LogP contribution in [0.5, 0.6) is 0 Å². The van der Waals surface area contributed by atoms with Gasteiger partial charge in [-0.2, -0.15) is 4.37 Å². The fourth-order valence-corrected chi connectivity index (χ4v) is 1.96. The van der Waals surface area contributed by atoms with Crippen LogP contribution in [0, 0.1) is 0 Å². The van der Waals surface area contributed by atoms with Gasteiger partial charge in [0.1, 0.15) is 12.4 Å². The molecule has 0 bridgehead atoms. The molecule has 0 aromatic carbocycles. The van der Waals surface area contributed by atoms with Crippen LogP contribution in [0.3, 0.4) is 0 Å². The van der Waals surface area contributed by atoms with Crippen molar-refractivity contribution in [2.75, 3.05) is 12.4 Å². The Morgan fingerprint density at radius 1 is 1.62 bits per heavy atom. The first-order valence-corrected chi connectivity index (χ1v) is 5.68. The molecule has 86 valence electrons. The Balaban J connectivity index is 1.98. The lowest BCUT2D eigenvalue weighted by Gasteiger charge is -2.08. The number of furan rings is 1. The van der Waals surface area contributed by atoms with Crippen LogP contribution in [0.2, 0.25) is 0 Å². The SMILES string of the molecule is COCc1nsc(NC(C)c2ccco2)n1. The van der Waals surface area contributed by atoms with Crippen LogP contribution >= 0.6 is 11.5 Å². The smallest absolute Gasteiger partial charge is 0.203 e. The van der Waals surface area contributed by atoms with Crippen LogP contribution in [0.4, 0.5) is 5.13 Å². The van der Waals surface area contributed by atoms with Crippen molar-refractivity contribution in [2.24, 2.45) is 0 Å². The summed E-state index contributed by atoms with van der Waals surface area (Å²) in [7, 11) is 1.62. The molecule has 0 saturated carbocycles. The van der Waals surface area contributed by atoms with E-state index in [1.807, 2.05) is 19.1 Å². The van der Waals surface area contributed by atoms with Gasteiger partial charge in [0.2, 0.25) is 5.13 Å². The van der Waals surface area contributed by atoms with Gasteiger partial charge in [-0.1, -0.05) is 0 Å². The quantitative estimate of drug-likeness (QED) is 0.868. The fourth-order valence-electron chi connectivity index (χ4n) is 1.29. The largest absolute Gasteiger partial charge is 0.467 e. The maximum atomic E-state index is 5.29. The number of nitrogens with one attached hydrogen (secondary N) is 1. The molecule has 0 radical (unpaired) electrons. The van der Waals surface area contributed by atoms with Crippen molar-refractivity contribution in [3.8, 4) is 0 Å². The average molecular weight is 239 g/mol. The van der Waals surface area contributed by atoms with E-state index in [4.69, 9.17) is 9.15 Å². The predicted octanol–water partition coefficient (Wildman–Crippen LogP) is 2.45. The second-order valence-corrected chi connectivity index (χ2v) is 4.08. The van der Waals surface area contributed by atoms with Crippen molar-refractivity contribution in [2.45, 2.75) is 19.6 Å². The van der Waals surface area contributed by atoms with Crippen molar-refractivity contribution in [1.29, 1.82) is 0 Å². The third kappa shape index (κ3) is 2.59.